The fourth-order valence-electron chi connectivity index (χ4n) is 1.58. The van der Waals surface area contributed by atoms with E-state index in [2.05, 4.69) is 10.1 Å². The molecule has 100 valence electrons. The Labute approximate surface area is 114 Å². The average molecular weight is 284 g/mol. The van der Waals surface area contributed by atoms with E-state index in [1.54, 1.807) is 12.1 Å². The molecule has 0 unspecified atom stereocenters. The number of anilines is 1. The van der Waals surface area contributed by atoms with E-state index in [9.17, 15) is 9.18 Å². The molecule has 0 saturated heterocycles. The van der Waals surface area contributed by atoms with E-state index in [0.717, 1.165) is 6.07 Å². The summed E-state index contributed by atoms with van der Waals surface area (Å²) in [6, 6.07) is 7.15. The Kier molecular flexibility index (Phi) is 4.06. The summed E-state index contributed by atoms with van der Waals surface area (Å²) in [4.78, 5) is 11.5. The molecule has 1 aromatic heterocycles. The maximum Gasteiger partial charge on any atom is 0.340 e. The monoisotopic (exact) mass is 283 g/mol. The molecule has 0 aliphatic carbocycles. The third-order valence-corrected chi connectivity index (χ3v) is 2.67. The van der Waals surface area contributed by atoms with Crippen molar-refractivity contribution in [1.29, 1.82) is 0 Å². The summed E-state index contributed by atoms with van der Waals surface area (Å²) in [6.07, 6.45) is 0. The van der Waals surface area contributed by atoms with Gasteiger partial charge >= 0.3 is 5.97 Å². The highest BCUT2D eigenvalue weighted by Crippen LogP contribution is 2.20. The van der Waals surface area contributed by atoms with Crippen LogP contribution >= 0.6 is 11.6 Å². The quantitative estimate of drug-likeness (QED) is 0.873. The number of carbonyl (C=O) groups is 1. The topological polar surface area (TPSA) is 51.5 Å². The van der Waals surface area contributed by atoms with E-state index in [4.69, 9.17) is 16.0 Å². The van der Waals surface area contributed by atoms with Gasteiger partial charge in [0, 0.05) is 5.69 Å². The first-order valence-electron chi connectivity index (χ1n) is 5.46. The molecule has 1 heterocycles. The molecule has 19 heavy (non-hydrogen) atoms. The highest BCUT2D eigenvalue weighted by Gasteiger charge is 2.13. The van der Waals surface area contributed by atoms with Gasteiger partial charge in [-0.3, -0.25) is 0 Å². The molecule has 4 nitrogen and oxygen atoms in total. The zero-order valence-electron chi connectivity index (χ0n) is 10.1. The summed E-state index contributed by atoms with van der Waals surface area (Å²) in [5, 5.41) is 3.25. The minimum Gasteiger partial charge on any atom is -0.465 e. The van der Waals surface area contributed by atoms with E-state index in [0.29, 0.717) is 18.0 Å². The van der Waals surface area contributed by atoms with Crippen LogP contribution in [0.15, 0.2) is 34.7 Å². The van der Waals surface area contributed by atoms with Crippen LogP contribution in [0.2, 0.25) is 5.22 Å². The first-order chi connectivity index (χ1) is 9.10. The third-order valence-electron chi connectivity index (χ3n) is 2.47. The molecular weight excluding hydrogens is 273 g/mol. The second-order valence-electron chi connectivity index (χ2n) is 3.74. The molecule has 0 bridgehead atoms. The van der Waals surface area contributed by atoms with Crippen molar-refractivity contribution in [3.63, 3.8) is 0 Å². The van der Waals surface area contributed by atoms with Crippen molar-refractivity contribution in [2.75, 3.05) is 12.4 Å². The Bertz CT molecular complexity index is 597. The van der Waals surface area contributed by atoms with Crippen molar-refractivity contribution in [2.24, 2.45) is 0 Å². The van der Waals surface area contributed by atoms with Crippen molar-refractivity contribution in [2.45, 2.75) is 6.54 Å². The zero-order valence-corrected chi connectivity index (χ0v) is 10.8. The van der Waals surface area contributed by atoms with Crippen LogP contribution in [0.3, 0.4) is 0 Å². The number of halogens is 2. The van der Waals surface area contributed by atoms with Crippen molar-refractivity contribution in [3.8, 4) is 0 Å². The standard InChI is InChI=1S/C13H11ClFNO3/c1-18-13(17)10-6-8(15)2-4-11(10)16-7-9-3-5-12(14)19-9/h2-6,16H,7H2,1H3. The molecule has 0 radical (unpaired) electrons. The second-order valence-corrected chi connectivity index (χ2v) is 4.11. The lowest BCUT2D eigenvalue weighted by atomic mass is 10.1. The molecule has 6 heteroatoms. The van der Waals surface area contributed by atoms with Gasteiger partial charge in [-0.25, -0.2) is 9.18 Å². The van der Waals surface area contributed by atoms with Gasteiger partial charge in [-0.05, 0) is 41.9 Å². The van der Waals surface area contributed by atoms with E-state index in [-0.39, 0.29) is 10.8 Å². The Morgan fingerprint density at radius 2 is 2.21 bits per heavy atom. The molecule has 0 amide bonds. The van der Waals surface area contributed by atoms with E-state index < -0.39 is 11.8 Å². The van der Waals surface area contributed by atoms with Gasteiger partial charge in [0.2, 0.25) is 0 Å². The Balaban J connectivity index is 2.17. The Hall–Kier alpha value is -2.01. The largest absolute Gasteiger partial charge is 0.465 e. The molecule has 0 saturated carbocycles. The predicted molar refractivity (Wildman–Crippen MR) is 68.8 cm³/mol. The van der Waals surface area contributed by atoms with Crippen LogP contribution in [-0.4, -0.2) is 13.1 Å². The molecule has 1 N–H and O–H groups in total. The van der Waals surface area contributed by atoms with Crippen LogP contribution in [-0.2, 0) is 11.3 Å². The molecule has 0 spiro atoms. The van der Waals surface area contributed by atoms with Gasteiger partial charge < -0.3 is 14.5 Å². The smallest absolute Gasteiger partial charge is 0.340 e. The summed E-state index contributed by atoms with van der Waals surface area (Å²) in [6.45, 7) is 0.322. The highest BCUT2D eigenvalue weighted by molar-refractivity contribution is 6.28. The predicted octanol–water partition coefficient (Wildman–Crippen LogP) is 3.47. The normalized spacial score (nSPS) is 10.3. The SMILES string of the molecule is COC(=O)c1cc(F)ccc1NCc1ccc(Cl)o1. The first kappa shape index (κ1) is 13.4. The number of hydrogen-bond donors (Lipinski definition) is 1. The van der Waals surface area contributed by atoms with Crippen molar-refractivity contribution in [3.05, 3.63) is 52.7 Å². The lowest BCUT2D eigenvalue weighted by molar-refractivity contribution is 0.0601. The number of esters is 1. The van der Waals surface area contributed by atoms with E-state index in [1.165, 1.54) is 19.2 Å². The van der Waals surface area contributed by atoms with Gasteiger partial charge in [0.15, 0.2) is 5.22 Å². The van der Waals surface area contributed by atoms with Crippen molar-refractivity contribution >= 4 is 23.3 Å². The van der Waals surface area contributed by atoms with Gasteiger partial charge in [0.05, 0.1) is 19.2 Å². The van der Waals surface area contributed by atoms with Crippen LogP contribution in [0.4, 0.5) is 10.1 Å². The maximum absolute atomic E-state index is 13.1. The molecule has 2 aromatic rings. The molecular formula is C13H11ClFNO3. The van der Waals surface area contributed by atoms with Crippen LogP contribution < -0.4 is 5.32 Å². The molecule has 2 rings (SSSR count). The minimum atomic E-state index is -0.612. The number of rotatable bonds is 4. The van der Waals surface area contributed by atoms with E-state index >= 15 is 0 Å². The lowest BCUT2D eigenvalue weighted by Gasteiger charge is -2.09. The summed E-state index contributed by atoms with van der Waals surface area (Å²) >= 11 is 5.65. The molecule has 0 aliphatic rings. The fourth-order valence-corrected chi connectivity index (χ4v) is 1.74. The summed E-state index contributed by atoms with van der Waals surface area (Å²) in [5.41, 5.74) is 0.584. The van der Waals surface area contributed by atoms with Gasteiger partial charge in [-0.1, -0.05) is 0 Å². The van der Waals surface area contributed by atoms with Crippen LogP contribution in [0, 0.1) is 5.82 Å². The van der Waals surface area contributed by atoms with Crippen LogP contribution in [0.5, 0.6) is 0 Å². The zero-order chi connectivity index (χ0) is 13.8. The minimum absolute atomic E-state index is 0.125. The summed E-state index contributed by atoms with van der Waals surface area (Å²) in [7, 11) is 1.24. The Morgan fingerprint density at radius 3 is 2.84 bits per heavy atom. The van der Waals surface area contributed by atoms with Crippen LogP contribution in [0.1, 0.15) is 16.1 Å². The second kappa shape index (κ2) is 5.75. The lowest BCUT2D eigenvalue weighted by Crippen LogP contribution is -2.08. The number of furan rings is 1. The summed E-state index contributed by atoms with van der Waals surface area (Å²) in [5.74, 6) is -0.517. The van der Waals surface area contributed by atoms with Gasteiger partial charge in [-0.15, -0.1) is 0 Å². The van der Waals surface area contributed by atoms with Crippen molar-refractivity contribution < 1.29 is 18.3 Å². The average Bonchev–Trinajstić information content (AvgIpc) is 2.82. The Morgan fingerprint density at radius 1 is 1.42 bits per heavy atom. The van der Waals surface area contributed by atoms with Gasteiger partial charge in [-0.2, -0.15) is 0 Å². The van der Waals surface area contributed by atoms with Crippen molar-refractivity contribution in [1.82, 2.24) is 0 Å². The molecule has 0 atom stereocenters. The number of hydrogen-bond acceptors (Lipinski definition) is 4. The van der Waals surface area contributed by atoms with Crippen LogP contribution in [0.25, 0.3) is 0 Å². The number of carbonyl (C=O) groups excluding carboxylic acids is 1. The first-order valence-corrected chi connectivity index (χ1v) is 5.84. The third kappa shape index (κ3) is 3.26. The maximum atomic E-state index is 13.1. The fraction of sp³-hybridized carbons (Fsp3) is 0.154. The van der Waals surface area contributed by atoms with E-state index in [1.807, 2.05) is 0 Å². The number of methoxy groups -OCH3 is 1. The van der Waals surface area contributed by atoms with Gasteiger partial charge in [0.25, 0.3) is 0 Å². The molecule has 1 aromatic carbocycles. The molecule has 0 aliphatic heterocycles. The number of benzene rings is 1. The number of nitrogens with one attached hydrogen (secondary N) is 1. The number of ether oxygens (including phenoxy) is 1. The molecule has 0 fully saturated rings. The van der Waals surface area contributed by atoms with Gasteiger partial charge in [0.1, 0.15) is 11.6 Å². The summed E-state index contributed by atoms with van der Waals surface area (Å²) < 4.78 is 22.9. The highest BCUT2D eigenvalue weighted by atomic mass is 35.5.